The monoisotopic (exact) mass is 415 g/mol. The Balaban J connectivity index is 1.77. The van der Waals surface area contributed by atoms with E-state index in [1.165, 1.54) is 4.90 Å². The van der Waals surface area contributed by atoms with E-state index in [-0.39, 0.29) is 36.9 Å². The lowest BCUT2D eigenvalue weighted by atomic mass is 10.2. The van der Waals surface area contributed by atoms with Gasteiger partial charge in [-0.25, -0.2) is 0 Å². The van der Waals surface area contributed by atoms with Crippen molar-refractivity contribution >= 4 is 40.3 Å². The summed E-state index contributed by atoms with van der Waals surface area (Å²) in [6.45, 7) is -0.120. The summed E-state index contributed by atoms with van der Waals surface area (Å²) in [7, 11) is 1.55. The predicted octanol–water partition coefficient (Wildman–Crippen LogP) is 0.758. The highest BCUT2D eigenvalue weighted by atomic mass is 127. The van der Waals surface area contributed by atoms with Crippen LogP contribution in [0.15, 0.2) is 24.3 Å². The highest BCUT2D eigenvalue weighted by molar-refractivity contribution is 14.1. The molecule has 118 valence electrons. The highest BCUT2D eigenvalue weighted by Gasteiger charge is 2.24. The minimum Gasteiger partial charge on any atom is -0.352 e. The van der Waals surface area contributed by atoms with Crippen LogP contribution in [0.4, 0.5) is 0 Å². The molecule has 0 unspecified atom stereocenters. The average molecular weight is 415 g/mol. The largest absolute Gasteiger partial charge is 0.352 e. The molecule has 1 aliphatic rings. The Hall–Kier alpha value is -1.64. The minimum atomic E-state index is -0.301. The number of likely N-dealkylation sites (N-methyl/N-ethyl adjacent to an activating group) is 1. The molecule has 1 aromatic carbocycles. The van der Waals surface area contributed by atoms with Gasteiger partial charge in [-0.3, -0.25) is 14.4 Å². The summed E-state index contributed by atoms with van der Waals surface area (Å²) in [5, 5.41) is 5.40. The number of carbonyl (C=O) groups excluding carboxylic acids is 3. The topological polar surface area (TPSA) is 78.5 Å². The summed E-state index contributed by atoms with van der Waals surface area (Å²) in [4.78, 5) is 36.9. The van der Waals surface area contributed by atoms with Gasteiger partial charge in [0.1, 0.15) is 0 Å². The first-order chi connectivity index (χ1) is 10.5. The van der Waals surface area contributed by atoms with E-state index in [9.17, 15) is 14.4 Å². The zero-order valence-electron chi connectivity index (χ0n) is 12.3. The molecule has 0 aliphatic heterocycles. The van der Waals surface area contributed by atoms with Crippen LogP contribution in [-0.2, 0) is 9.59 Å². The summed E-state index contributed by atoms with van der Waals surface area (Å²) < 4.78 is 0.821. The van der Waals surface area contributed by atoms with Crippen LogP contribution >= 0.6 is 22.6 Å². The third-order valence-corrected chi connectivity index (χ3v) is 4.21. The molecule has 2 N–H and O–H groups in total. The molecular formula is C15H18IN3O3. The summed E-state index contributed by atoms with van der Waals surface area (Å²) in [6, 6.07) is 7.42. The van der Waals surface area contributed by atoms with Crippen molar-refractivity contribution in [1.29, 1.82) is 0 Å². The van der Waals surface area contributed by atoms with Crippen molar-refractivity contribution in [2.24, 2.45) is 0 Å². The minimum absolute atomic E-state index is 0.00801. The molecule has 0 bridgehead atoms. The molecule has 22 heavy (non-hydrogen) atoms. The maximum Gasteiger partial charge on any atom is 0.252 e. The SMILES string of the molecule is CN(CC(=O)NC1CC1)C(=O)CNC(=O)c1ccccc1I. The van der Waals surface area contributed by atoms with Crippen LogP contribution in [0, 0.1) is 3.57 Å². The molecule has 0 aromatic heterocycles. The summed E-state index contributed by atoms with van der Waals surface area (Å²) in [6.07, 6.45) is 2.02. The van der Waals surface area contributed by atoms with Crippen molar-refractivity contribution < 1.29 is 14.4 Å². The molecular weight excluding hydrogens is 397 g/mol. The molecule has 1 aliphatic carbocycles. The molecule has 0 radical (unpaired) electrons. The molecule has 0 heterocycles. The third-order valence-electron chi connectivity index (χ3n) is 3.27. The molecule has 6 nitrogen and oxygen atoms in total. The van der Waals surface area contributed by atoms with Crippen molar-refractivity contribution in [2.45, 2.75) is 18.9 Å². The van der Waals surface area contributed by atoms with Gasteiger partial charge in [0.2, 0.25) is 11.8 Å². The Bertz CT molecular complexity index is 587. The molecule has 3 amide bonds. The van der Waals surface area contributed by atoms with E-state index in [1.54, 1.807) is 19.2 Å². The van der Waals surface area contributed by atoms with Crippen LogP contribution < -0.4 is 10.6 Å². The zero-order valence-corrected chi connectivity index (χ0v) is 14.4. The van der Waals surface area contributed by atoms with Gasteiger partial charge in [0.05, 0.1) is 18.7 Å². The molecule has 7 heteroatoms. The standard InChI is InChI=1S/C15H18IN3O3/c1-19(9-13(20)18-10-6-7-10)14(21)8-17-15(22)11-4-2-3-5-12(11)16/h2-5,10H,6-9H2,1H3,(H,17,22)(H,18,20). The van der Waals surface area contributed by atoms with E-state index in [2.05, 4.69) is 33.2 Å². The molecule has 1 aromatic rings. The van der Waals surface area contributed by atoms with E-state index in [1.807, 2.05) is 12.1 Å². The lowest BCUT2D eigenvalue weighted by Gasteiger charge is -2.17. The molecule has 0 saturated heterocycles. The smallest absolute Gasteiger partial charge is 0.252 e. The lowest BCUT2D eigenvalue weighted by Crippen LogP contribution is -2.43. The number of rotatable bonds is 6. The Morgan fingerprint density at radius 1 is 1.27 bits per heavy atom. The fourth-order valence-corrected chi connectivity index (χ4v) is 2.47. The fourth-order valence-electron chi connectivity index (χ4n) is 1.84. The average Bonchev–Trinajstić information content (AvgIpc) is 3.28. The first-order valence-corrected chi connectivity index (χ1v) is 8.11. The first kappa shape index (κ1) is 16.7. The quantitative estimate of drug-likeness (QED) is 0.674. The fraction of sp³-hybridized carbons (Fsp3) is 0.400. The number of benzene rings is 1. The lowest BCUT2D eigenvalue weighted by molar-refractivity contribution is -0.133. The second kappa shape index (κ2) is 7.57. The van der Waals surface area contributed by atoms with Crippen molar-refractivity contribution in [3.63, 3.8) is 0 Å². The van der Waals surface area contributed by atoms with Crippen LogP contribution in [0.1, 0.15) is 23.2 Å². The number of halogens is 1. The van der Waals surface area contributed by atoms with Crippen LogP contribution in [0.2, 0.25) is 0 Å². The van der Waals surface area contributed by atoms with Crippen molar-refractivity contribution in [2.75, 3.05) is 20.1 Å². The number of amides is 3. The van der Waals surface area contributed by atoms with Gasteiger partial charge in [0, 0.05) is 16.7 Å². The normalized spacial score (nSPS) is 13.4. The number of hydrogen-bond acceptors (Lipinski definition) is 3. The van der Waals surface area contributed by atoms with Crippen LogP contribution in [0.5, 0.6) is 0 Å². The zero-order chi connectivity index (χ0) is 16.1. The van der Waals surface area contributed by atoms with Crippen LogP contribution in [0.3, 0.4) is 0 Å². The number of nitrogens with one attached hydrogen (secondary N) is 2. The number of carbonyl (C=O) groups is 3. The van der Waals surface area contributed by atoms with Gasteiger partial charge >= 0.3 is 0 Å². The molecule has 1 saturated carbocycles. The van der Waals surface area contributed by atoms with E-state index in [0.717, 1.165) is 16.4 Å². The second-order valence-electron chi connectivity index (χ2n) is 5.25. The summed E-state index contributed by atoms with van der Waals surface area (Å²) in [5.41, 5.74) is 0.532. The Kier molecular flexibility index (Phi) is 5.76. The number of hydrogen-bond donors (Lipinski definition) is 2. The Morgan fingerprint density at radius 3 is 2.59 bits per heavy atom. The van der Waals surface area contributed by atoms with E-state index >= 15 is 0 Å². The predicted molar refractivity (Wildman–Crippen MR) is 90.3 cm³/mol. The van der Waals surface area contributed by atoms with Gasteiger partial charge < -0.3 is 15.5 Å². The van der Waals surface area contributed by atoms with Crippen molar-refractivity contribution in [3.8, 4) is 0 Å². The maximum absolute atomic E-state index is 12.0. The van der Waals surface area contributed by atoms with Gasteiger partial charge in [-0.05, 0) is 47.6 Å². The third kappa shape index (κ3) is 4.97. The van der Waals surface area contributed by atoms with Crippen molar-refractivity contribution in [1.82, 2.24) is 15.5 Å². The van der Waals surface area contributed by atoms with E-state index in [0.29, 0.717) is 5.56 Å². The van der Waals surface area contributed by atoms with Gasteiger partial charge in [-0.15, -0.1) is 0 Å². The van der Waals surface area contributed by atoms with E-state index in [4.69, 9.17) is 0 Å². The Morgan fingerprint density at radius 2 is 1.95 bits per heavy atom. The van der Waals surface area contributed by atoms with Crippen LogP contribution in [-0.4, -0.2) is 48.8 Å². The molecule has 1 fully saturated rings. The molecule has 0 atom stereocenters. The highest BCUT2D eigenvalue weighted by Crippen LogP contribution is 2.18. The van der Waals surface area contributed by atoms with Gasteiger partial charge in [-0.2, -0.15) is 0 Å². The Labute approximate surface area is 142 Å². The maximum atomic E-state index is 12.0. The van der Waals surface area contributed by atoms with Gasteiger partial charge in [-0.1, -0.05) is 12.1 Å². The van der Waals surface area contributed by atoms with Gasteiger partial charge in [0.15, 0.2) is 0 Å². The van der Waals surface area contributed by atoms with Crippen LogP contribution in [0.25, 0.3) is 0 Å². The van der Waals surface area contributed by atoms with Gasteiger partial charge in [0.25, 0.3) is 5.91 Å². The summed E-state index contributed by atoms with van der Waals surface area (Å²) >= 11 is 2.07. The first-order valence-electron chi connectivity index (χ1n) is 7.03. The number of nitrogens with zero attached hydrogens (tertiary/aromatic N) is 1. The summed E-state index contributed by atoms with van der Waals surface area (Å²) in [5.74, 6) is -0.762. The van der Waals surface area contributed by atoms with E-state index < -0.39 is 0 Å². The van der Waals surface area contributed by atoms with Crippen molar-refractivity contribution in [3.05, 3.63) is 33.4 Å². The second-order valence-corrected chi connectivity index (χ2v) is 6.42. The molecule has 2 rings (SSSR count). The molecule has 0 spiro atoms.